The van der Waals surface area contributed by atoms with Gasteiger partial charge < -0.3 is 9.47 Å². The van der Waals surface area contributed by atoms with Gasteiger partial charge in [-0.25, -0.2) is 13.8 Å². The van der Waals surface area contributed by atoms with Crippen LogP contribution in [-0.4, -0.2) is 28.5 Å². The van der Waals surface area contributed by atoms with E-state index in [1.54, 1.807) is 0 Å². The summed E-state index contributed by atoms with van der Waals surface area (Å²) >= 11 is 1.37. The molecule has 0 atom stereocenters. The molecule has 0 amide bonds. The lowest BCUT2D eigenvalue weighted by atomic mass is 10.1. The molecule has 2 aromatic rings. The third kappa shape index (κ3) is 4.32. The Hall–Kier alpha value is -1.40. The fourth-order valence-electron chi connectivity index (χ4n) is 2.41. The molecule has 2 rings (SSSR count). The molecule has 23 heavy (non-hydrogen) atoms. The monoisotopic (exact) mass is 339 g/mol. The van der Waals surface area contributed by atoms with Crippen molar-refractivity contribution in [2.75, 3.05) is 14.1 Å². The first-order chi connectivity index (χ1) is 10.8. The lowest BCUT2D eigenvalue weighted by Gasteiger charge is -2.13. The van der Waals surface area contributed by atoms with Gasteiger partial charge in [0.25, 0.3) is 0 Å². The molecule has 1 heterocycles. The summed E-state index contributed by atoms with van der Waals surface area (Å²) in [5.74, 6) is 0.0922. The van der Waals surface area contributed by atoms with E-state index in [9.17, 15) is 8.78 Å². The molecule has 0 radical (unpaired) electrons. The maximum atomic E-state index is 13.5. The molecule has 0 unspecified atom stereocenters. The van der Waals surface area contributed by atoms with E-state index in [2.05, 4.69) is 30.2 Å². The number of hydrogen-bond donors (Lipinski definition) is 0. The summed E-state index contributed by atoms with van der Waals surface area (Å²) in [5, 5.41) is 0.962. The summed E-state index contributed by atoms with van der Waals surface area (Å²) in [6.45, 7) is 7.71. The topological polar surface area (TPSA) is 21.1 Å². The van der Waals surface area contributed by atoms with Crippen LogP contribution in [0.15, 0.2) is 28.1 Å². The first-order valence-electron chi connectivity index (χ1n) is 7.69. The van der Waals surface area contributed by atoms with Gasteiger partial charge in [-0.2, -0.15) is 0 Å². The van der Waals surface area contributed by atoms with E-state index < -0.39 is 11.6 Å². The molecule has 1 aromatic heterocycles. The molecular formula is C17H23F2N3S. The molecule has 0 aliphatic rings. The Labute approximate surface area is 140 Å². The van der Waals surface area contributed by atoms with E-state index >= 15 is 0 Å². The van der Waals surface area contributed by atoms with Crippen LogP contribution in [0, 0.1) is 11.6 Å². The average Bonchev–Trinajstić information content (AvgIpc) is 2.74. The number of hydrogen-bond acceptors (Lipinski definition) is 3. The molecule has 1 aromatic carbocycles. The Kier molecular flexibility index (Phi) is 5.81. The minimum Gasteiger partial charge on any atom is -0.322 e. The molecule has 0 bridgehead atoms. The van der Waals surface area contributed by atoms with E-state index in [1.807, 2.05) is 14.1 Å². The predicted molar refractivity (Wildman–Crippen MR) is 89.9 cm³/mol. The van der Waals surface area contributed by atoms with Gasteiger partial charge in [0.1, 0.15) is 22.5 Å². The number of imidazole rings is 1. The third-order valence-electron chi connectivity index (χ3n) is 3.40. The maximum absolute atomic E-state index is 13.5. The zero-order valence-electron chi connectivity index (χ0n) is 14.2. The normalized spacial score (nSPS) is 11.7. The van der Waals surface area contributed by atoms with Crippen LogP contribution < -0.4 is 0 Å². The zero-order chi connectivity index (χ0) is 17.1. The molecule has 126 valence electrons. The minimum absolute atomic E-state index is 0.240. The lowest BCUT2D eigenvalue weighted by Crippen LogP contribution is -2.15. The van der Waals surface area contributed by atoms with Crippen molar-refractivity contribution in [2.24, 2.45) is 0 Å². The van der Waals surface area contributed by atoms with Crippen LogP contribution in [0.2, 0.25) is 0 Å². The van der Waals surface area contributed by atoms with Crippen molar-refractivity contribution in [3.63, 3.8) is 0 Å². The summed E-state index contributed by atoms with van der Waals surface area (Å²) in [6, 6.07) is 3.61. The van der Waals surface area contributed by atoms with E-state index in [1.165, 1.54) is 23.9 Å². The fourth-order valence-corrected chi connectivity index (χ4v) is 3.71. The van der Waals surface area contributed by atoms with Crippen molar-refractivity contribution in [1.29, 1.82) is 0 Å². The highest BCUT2D eigenvalue weighted by Gasteiger charge is 2.20. The number of rotatable bonds is 6. The second kappa shape index (κ2) is 7.45. The van der Waals surface area contributed by atoms with E-state index in [0.29, 0.717) is 4.90 Å². The quantitative estimate of drug-likeness (QED) is 0.772. The van der Waals surface area contributed by atoms with Gasteiger partial charge >= 0.3 is 0 Å². The first-order valence-corrected chi connectivity index (χ1v) is 8.51. The highest BCUT2D eigenvalue weighted by Crippen LogP contribution is 2.35. The molecule has 0 spiro atoms. The maximum Gasteiger partial charge on any atom is 0.127 e. The van der Waals surface area contributed by atoms with Crippen LogP contribution in [0.5, 0.6) is 0 Å². The van der Waals surface area contributed by atoms with Crippen LogP contribution >= 0.6 is 11.8 Å². The average molecular weight is 339 g/mol. The molecule has 0 aliphatic heterocycles. The zero-order valence-corrected chi connectivity index (χ0v) is 15.0. The van der Waals surface area contributed by atoms with Crippen LogP contribution in [0.25, 0.3) is 0 Å². The molecule has 6 heteroatoms. The Bertz CT molecular complexity index is 660. The molecule has 0 aliphatic carbocycles. The highest BCUT2D eigenvalue weighted by atomic mass is 32.2. The first kappa shape index (κ1) is 17.9. The summed E-state index contributed by atoms with van der Waals surface area (Å²) in [6.07, 6.45) is 0. The Morgan fingerprint density at radius 3 is 2.26 bits per heavy atom. The Balaban J connectivity index is 2.48. The van der Waals surface area contributed by atoms with Crippen LogP contribution in [-0.2, 0) is 13.1 Å². The van der Waals surface area contributed by atoms with E-state index in [-0.39, 0.29) is 5.92 Å². The number of halogens is 2. The van der Waals surface area contributed by atoms with Gasteiger partial charge in [-0.1, -0.05) is 25.6 Å². The summed E-state index contributed by atoms with van der Waals surface area (Å²) in [5.41, 5.74) is 0.971. The summed E-state index contributed by atoms with van der Waals surface area (Å²) in [7, 11) is 4.00. The van der Waals surface area contributed by atoms with Gasteiger partial charge in [0.05, 0.1) is 12.2 Å². The van der Waals surface area contributed by atoms with E-state index in [0.717, 1.165) is 35.7 Å². The number of nitrogens with zero attached hydrogens (tertiary/aromatic N) is 3. The SMILES string of the molecule is CCn1c(CN(C)C)nc(C(C)C)c1Sc1cc(F)cc(F)c1. The summed E-state index contributed by atoms with van der Waals surface area (Å²) in [4.78, 5) is 7.39. The second-order valence-corrected chi connectivity index (χ2v) is 7.12. The van der Waals surface area contributed by atoms with Crippen molar-refractivity contribution in [2.45, 2.75) is 49.7 Å². The molecular weight excluding hydrogens is 316 g/mol. The smallest absolute Gasteiger partial charge is 0.127 e. The largest absolute Gasteiger partial charge is 0.322 e. The highest BCUT2D eigenvalue weighted by molar-refractivity contribution is 7.99. The van der Waals surface area contributed by atoms with Gasteiger partial charge in [-0.3, -0.25) is 0 Å². The molecule has 0 saturated heterocycles. The van der Waals surface area contributed by atoms with Crippen molar-refractivity contribution in [3.8, 4) is 0 Å². The van der Waals surface area contributed by atoms with Crippen LogP contribution in [0.1, 0.15) is 38.2 Å². The molecule has 3 nitrogen and oxygen atoms in total. The van der Waals surface area contributed by atoms with Crippen molar-refractivity contribution in [3.05, 3.63) is 41.4 Å². The van der Waals surface area contributed by atoms with Crippen molar-refractivity contribution in [1.82, 2.24) is 14.5 Å². The van der Waals surface area contributed by atoms with Gasteiger partial charge in [0.15, 0.2) is 0 Å². The summed E-state index contributed by atoms with van der Waals surface area (Å²) < 4.78 is 29.1. The van der Waals surface area contributed by atoms with Crippen LogP contribution in [0.3, 0.4) is 0 Å². The fraction of sp³-hybridized carbons (Fsp3) is 0.471. The minimum atomic E-state index is -0.560. The second-order valence-electron chi connectivity index (χ2n) is 6.06. The van der Waals surface area contributed by atoms with Gasteiger partial charge in [0.2, 0.25) is 0 Å². The standard InChI is InChI=1S/C17H23F2N3S/c1-6-22-15(10-21(4)5)20-16(11(2)3)17(22)23-14-8-12(18)7-13(19)9-14/h7-9,11H,6,10H2,1-5H3. The van der Waals surface area contributed by atoms with Crippen molar-refractivity contribution >= 4 is 11.8 Å². The van der Waals surface area contributed by atoms with Gasteiger partial charge in [-0.15, -0.1) is 0 Å². The molecule has 0 saturated carbocycles. The molecule has 0 fully saturated rings. The van der Waals surface area contributed by atoms with Crippen molar-refractivity contribution < 1.29 is 8.78 Å². The van der Waals surface area contributed by atoms with Gasteiger partial charge in [-0.05, 0) is 39.1 Å². The Morgan fingerprint density at radius 1 is 1.17 bits per heavy atom. The van der Waals surface area contributed by atoms with Crippen LogP contribution in [0.4, 0.5) is 8.78 Å². The van der Waals surface area contributed by atoms with Gasteiger partial charge in [0, 0.05) is 17.5 Å². The molecule has 0 N–H and O–H groups in total. The predicted octanol–water partition coefficient (Wildman–Crippen LogP) is 4.52. The third-order valence-corrected chi connectivity index (χ3v) is 4.49. The Morgan fingerprint density at radius 2 is 1.78 bits per heavy atom. The number of aromatic nitrogens is 2. The lowest BCUT2D eigenvalue weighted by molar-refractivity contribution is 0.379. The van der Waals surface area contributed by atoms with E-state index in [4.69, 9.17) is 4.98 Å². The number of benzene rings is 1.